The lowest BCUT2D eigenvalue weighted by molar-refractivity contribution is 0.568. The summed E-state index contributed by atoms with van der Waals surface area (Å²) >= 11 is 0. The van der Waals surface area contributed by atoms with E-state index in [0.29, 0.717) is 6.54 Å². The molecule has 1 aromatic heterocycles. The van der Waals surface area contributed by atoms with E-state index in [4.69, 9.17) is 0 Å². The van der Waals surface area contributed by atoms with Gasteiger partial charge in [-0.1, -0.05) is 0 Å². The zero-order valence-corrected chi connectivity index (χ0v) is 12.4. The van der Waals surface area contributed by atoms with E-state index >= 15 is 0 Å². The molecular formula is C13H21N3O2S. The number of pyridine rings is 1. The number of rotatable bonds is 3. The van der Waals surface area contributed by atoms with Gasteiger partial charge in [-0.05, 0) is 33.0 Å². The second-order valence-corrected chi connectivity index (χ2v) is 7.34. The van der Waals surface area contributed by atoms with Gasteiger partial charge in [-0.2, -0.15) is 0 Å². The molecule has 19 heavy (non-hydrogen) atoms. The first kappa shape index (κ1) is 14.3. The Morgan fingerprint density at radius 3 is 2.74 bits per heavy atom. The Bertz CT molecular complexity index is 527. The van der Waals surface area contributed by atoms with Crippen LogP contribution in [0, 0.1) is 0 Å². The Labute approximate surface area is 114 Å². The Balaban J connectivity index is 2.15. The van der Waals surface area contributed by atoms with Crippen molar-refractivity contribution in [2.24, 2.45) is 0 Å². The van der Waals surface area contributed by atoms with Gasteiger partial charge in [0.25, 0.3) is 0 Å². The van der Waals surface area contributed by atoms with Gasteiger partial charge in [0, 0.05) is 18.6 Å². The molecule has 1 fully saturated rings. The van der Waals surface area contributed by atoms with Crippen molar-refractivity contribution >= 4 is 15.5 Å². The Kier molecular flexibility index (Phi) is 4.10. The molecule has 0 bridgehead atoms. The van der Waals surface area contributed by atoms with Gasteiger partial charge < -0.3 is 10.2 Å². The fourth-order valence-corrected chi connectivity index (χ4v) is 3.91. The van der Waals surface area contributed by atoms with E-state index in [0.717, 1.165) is 11.4 Å². The minimum atomic E-state index is -2.87. The van der Waals surface area contributed by atoms with Crippen molar-refractivity contribution in [3.63, 3.8) is 0 Å². The van der Waals surface area contributed by atoms with Gasteiger partial charge in [0.05, 0.1) is 29.1 Å². The molecule has 2 unspecified atom stereocenters. The molecule has 2 heterocycles. The van der Waals surface area contributed by atoms with Gasteiger partial charge in [-0.15, -0.1) is 0 Å². The van der Waals surface area contributed by atoms with Gasteiger partial charge in [0.15, 0.2) is 9.84 Å². The molecule has 2 rings (SSSR count). The van der Waals surface area contributed by atoms with Crippen LogP contribution < -0.4 is 10.2 Å². The predicted octanol–water partition coefficient (Wildman–Crippen LogP) is 0.985. The SMILES string of the molecule is CNC(C)c1ccc(N2CCS(=O)(=O)CC2C)cn1. The molecule has 1 saturated heterocycles. The number of nitrogens with one attached hydrogen (secondary N) is 1. The highest BCUT2D eigenvalue weighted by Crippen LogP contribution is 2.22. The predicted molar refractivity (Wildman–Crippen MR) is 77.2 cm³/mol. The lowest BCUT2D eigenvalue weighted by Crippen LogP contribution is -2.47. The van der Waals surface area contributed by atoms with E-state index in [2.05, 4.69) is 22.1 Å². The maximum atomic E-state index is 11.6. The number of anilines is 1. The van der Waals surface area contributed by atoms with Crippen LogP contribution in [0.1, 0.15) is 25.6 Å². The molecule has 1 N–H and O–H groups in total. The minimum absolute atomic E-state index is 0.00752. The number of nitrogens with zero attached hydrogens (tertiary/aromatic N) is 2. The van der Waals surface area contributed by atoms with Gasteiger partial charge >= 0.3 is 0 Å². The second-order valence-electron chi connectivity index (χ2n) is 5.11. The normalized spacial score (nSPS) is 24.2. The topological polar surface area (TPSA) is 62.3 Å². The number of hydrogen-bond acceptors (Lipinski definition) is 5. The van der Waals surface area contributed by atoms with Gasteiger partial charge in [-0.25, -0.2) is 8.42 Å². The summed E-state index contributed by atoms with van der Waals surface area (Å²) in [5.74, 6) is 0.452. The molecular weight excluding hydrogens is 262 g/mol. The molecule has 5 nitrogen and oxygen atoms in total. The van der Waals surface area contributed by atoms with Gasteiger partial charge in [0.2, 0.25) is 0 Å². The van der Waals surface area contributed by atoms with Crippen molar-refractivity contribution < 1.29 is 8.42 Å². The quantitative estimate of drug-likeness (QED) is 0.896. The third-order valence-electron chi connectivity index (χ3n) is 3.65. The van der Waals surface area contributed by atoms with Crippen LogP contribution in [0.5, 0.6) is 0 Å². The largest absolute Gasteiger partial charge is 0.366 e. The number of aromatic nitrogens is 1. The second kappa shape index (κ2) is 5.46. The first-order valence-electron chi connectivity index (χ1n) is 6.53. The van der Waals surface area contributed by atoms with Crippen LogP contribution in [0.3, 0.4) is 0 Å². The van der Waals surface area contributed by atoms with Crippen molar-refractivity contribution in [2.75, 3.05) is 30.0 Å². The highest BCUT2D eigenvalue weighted by atomic mass is 32.2. The number of sulfone groups is 1. The zero-order chi connectivity index (χ0) is 14.0. The van der Waals surface area contributed by atoms with Crippen LogP contribution in [0.25, 0.3) is 0 Å². The standard InChI is InChI=1S/C13H21N3O2S/c1-10-9-19(17,18)7-6-16(10)12-4-5-13(15-8-12)11(2)14-3/h4-5,8,10-11,14H,6-7,9H2,1-3H3. The molecule has 0 aromatic carbocycles. The van der Waals surface area contributed by atoms with Crippen LogP contribution in [0.2, 0.25) is 0 Å². The summed E-state index contributed by atoms with van der Waals surface area (Å²) in [5.41, 5.74) is 1.98. The lowest BCUT2D eigenvalue weighted by Gasteiger charge is -2.34. The minimum Gasteiger partial charge on any atom is -0.366 e. The Morgan fingerprint density at radius 2 is 2.21 bits per heavy atom. The van der Waals surface area contributed by atoms with E-state index in [1.165, 1.54) is 0 Å². The Morgan fingerprint density at radius 1 is 1.47 bits per heavy atom. The summed E-state index contributed by atoms with van der Waals surface area (Å²) < 4.78 is 23.1. The first-order chi connectivity index (χ1) is 8.93. The summed E-state index contributed by atoms with van der Waals surface area (Å²) in [5, 5.41) is 3.14. The summed E-state index contributed by atoms with van der Waals surface area (Å²) in [6.45, 7) is 4.55. The summed E-state index contributed by atoms with van der Waals surface area (Å²) in [7, 11) is -0.970. The molecule has 106 valence electrons. The molecule has 1 aliphatic heterocycles. The van der Waals surface area contributed by atoms with Crippen molar-refractivity contribution in [2.45, 2.75) is 25.9 Å². The smallest absolute Gasteiger partial charge is 0.154 e. The van der Waals surface area contributed by atoms with Crippen molar-refractivity contribution in [1.82, 2.24) is 10.3 Å². The van der Waals surface area contributed by atoms with Crippen LogP contribution >= 0.6 is 0 Å². The zero-order valence-electron chi connectivity index (χ0n) is 11.6. The number of hydrogen-bond donors (Lipinski definition) is 1. The molecule has 0 amide bonds. The lowest BCUT2D eigenvalue weighted by atomic mass is 10.2. The third-order valence-corrected chi connectivity index (χ3v) is 5.44. The van der Waals surface area contributed by atoms with Crippen LogP contribution in [-0.2, 0) is 9.84 Å². The molecule has 0 radical (unpaired) electrons. The van der Waals surface area contributed by atoms with Crippen LogP contribution in [-0.4, -0.2) is 44.5 Å². The van der Waals surface area contributed by atoms with E-state index in [-0.39, 0.29) is 23.6 Å². The van der Waals surface area contributed by atoms with Crippen LogP contribution in [0.15, 0.2) is 18.3 Å². The highest BCUT2D eigenvalue weighted by Gasteiger charge is 2.28. The van der Waals surface area contributed by atoms with Crippen molar-refractivity contribution in [3.8, 4) is 0 Å². The fraction of sp³-hybridized carbons (Fsp3) is 0.615. The average Bonchev–Trinajstić information content (AvgIpc) is 2.37. The van der Waals surface area contributed by atoms with E-state index in [1.807, 2.05) is 32.3 Å². The highest BCUT2D eigenvalue weighted by molar-refractivity contribution is 7.91. The van der Waals surface area contributed by atoms with Crippen LogP contribution in [0.4, 0.5) is 5.69 Å². The molecule has 1 aromatic rings. The molecule has 1 aliphatic rings. The summed E-state index contributed by atoms with van der Waals surface area (Å²) in [4.78, 5) is 6.55. The fourth-order valence-electron chi connectivity index (χ4n) is 2.35. The molecule has 0 spiro atoms. The van der Waals surface area contributed by atoms with Gasteiger partial charge in [0.1, 0.15) is 0 Å². The van der Waals surface area contributed by atoms with E-state index in [1.54, 1.807) is 0 Å². The molecule has 0 aliphatic carbocycles. The van der Waals surface area contributed by atoms with E-state index < -0.39 is 9.84 Å². The molecule has 0 saturated carbocycles. The summed E-state index contributed by atoms with van der Waals surface area (Å²) in [6.07, 6.45) is 1.83. The Hall–Kier alpha value is -1.14. The van der Waals surface area contributed by atoms with Gasteiger partial charge in [-0.3, -0.25) is 4.98 Å². The monoisotopic (exact) mass is 283 g/mol. The maximum Gasteiger partial charge on any atom is 0.154 e. The maximum absolute atomic E-state index is 11.6. The summed E-state index contributed by atoms with van der Waals surface area (Å²) in [6, 6.07) is 4.23. The third kappa shape index (κ3) is 3.25. The average molecular weight is 283 g/mol. The molecule has 6 heteroatoms. The first-order valence-corrected chi connectivity index (χ1v) is 8.35. The van der Waals surface area contributed by atoms with E-state index in [9.17, 15) is 8.42 Å². The molecule has 2 atom stereocenters. The van der Waals surface area contributed by atoms with Crippen molar-refractivity contribution in [1.29, 1.82) is 0 Å². The van der Waals surface area contributed by atoms with Crippen molar-refractivity contribution in [3.05, 3.63) is 24.0 Å².